The summed E-state index contributed by atoms with van der Waals surface area (Å²) in [5.74, 6) is 0.268. The number of aromatic nitrogens is 1. The number of hydrogen-bond donors (Lipinski definition) is 1. The van der Waals surface area contributed by atoms with Crippen LogP contribution < -0.4 is 5.73 Å². The Kier molecular flexibility index (Phi) is 5.74. The molecule has 9 nitrogen and oxygen atoms in total. The van der Waals surface area contributed by atoms with Gasteiger partial charge in [0.1, 0.15) is 12.3 Å². The van der Waals surface area contributed by atoms with Crippen molar-refractivity contribution in [1.29, 1.82) is 5.26 Å². The summed E-state index contributed by atoms with van der Waals surface area (Å²) >= 11 is 0. The van der Waals surface area contributed by atoms with Gasteiger partial charge in [0, 0.05) is 24.5 Å². The Balaban J connectivity index is 1.72. The normalized spacial score (nSPS) is 14.9. The zero-order valence-electron chi connectivity index (χ0n) is 16.1. The van der Waals surface area contributed by atoms with Gasteiger partial charge < -0.3 is 15.2 Å². The second-order valence-corrected chi connectivity index (χ2v) is 6.54. The number of carbonyl (C=O) groups excluding carboxylic acids is 2. The average Bonchev–Trinajstić information content (AvgIpc) is 3.18. The predicted molar refractivity (Wildman–Crippen MR) is 104 cm³/mol. The number of benzene rings is 1. The zero-order valence-corrected chi connectivity index (χ0v) is 16.1. The standard InChI is InChI=1S/C20H20N6O3/c1-13-18(14(2)29-24-13)10-23-9-17(8-22)26-19(27)12-25(20(26)28)11-16-5-3-4-15(6-16)7-21/h3-6,8-9H,10-12,22H2,1-2H3. The topological polar surface area (TPSA) is 129 Å². The second kappa shape index (κ2) is 8.39. The van der Waals surface area contributed by atoms with Crippen molar-refractivity contribution in [3.8, 4) is 6.07 Å². The Morgan fingerprint density at radius 1 is 1.41 bits per heavy atom. The molecule has 0 saturated carbocycles. The van der Waals surface area contributed by atoms with Crippen LogP contribution in [0.5, 0.6) is 0 Å². The monoisotopic (exact) mass is 392 g/mol. The van der Waals surface area contributed by atoms with Gasteiger partial charge >= 0.3 is 6.03 Å². The fourth-order valence-electron chi connectivity index (χ4n) is 3.02. The maximum absolute atomic E-state index is 12.8. The third kappa shape index (κ3) is 4.16. The molecule has 3 rings (SSSR count). The van der Waals surface area contributed by atoms with Gasteiger partial charge in [-0.2, -0.15) is 5.26 Å². The summed E-state index contributed by atoms with van der Waals surface area (Å²) in [7, 11) is 0. The molecule has 1 saturated heterocycles. The zero-order chi connectivity index (χ0) is 21.0. The van der Waals surface area contributed by atoms with Gasteiger partial charge in [-0.05, 0) is 31.5 Å². The maximum atomic E-state index is 12.8. The number of urea groups is 1. The molecule has 2 N–H and O–H groups in total. The average molecular weight is 392 g/mol. The van der Waals surface area contributed by atoms with E-state index in [2.05, 4.69) is 16.2 Å². The van der Waals surface area contributed by atoms with Crippen LogP contribution in [0, 0.1) is 25.2 Å². The molecular formula is C20H20N6O3. The number of nitrogens with zero attached hydrogens (tertiary/aromatic N) is 5. The van der Waals surface area contributed by atoms with Gasteiger partial charge in [0.25, 0.3) is 5.91 Å². The van der Waals surface area contributed by atoms with Crippen molar-refractivity contribution in [1.82, 2.24) is 15.0 Å². The minimum atomic E-state index is -0.488. The third-order valence-electron chi connectivity index (χ3n) is 4.55. The van der Waals surface area contributed by atoms with E-state index in [4.69, 9.17) is 15.5 Å². The van der Waals surface area contributed by atoms with Gasteiger partial charge in [0.2, 0.25) is 0 Å². The van der Waals surface area contributed by atoms with Crippen LogP contribution >= 0.6 is 0 Å². The largest absolute Gasteiger partial charge is 0.403 e. The highest BCUT2D eigenvalue weighted by molar-refractivity contribution is 6.07. The van der Waals surface area contributed by atoms with Crippen LogP contribution in [0.1, 0.15) is 28.1 Å². The van der Waals surface area contributed by atoms with E-state index in [9.17, 15) is 9.59 Å². The summed E-state index contributed by atoms with van der Waals surface area (Å²) in [5, 5.41) is 12.9. The Labute approximate surface area is 167 Å². The molecule has 1 aromatic carbocycles. The molecule has 1 fully saturated rings. The van der Waals surface area contributed by atoms with Gasteiger partial charge in [0.05, 0.1) is 29.6 Å². The van der Waals surface area contributed by atoms with Crippen molar-refractivity contribution in [3.05, 3.63) is 64.3 Å². The highest BCUT2D eigenvalue weighted by atomic mass is 16.5. The first kappa shape index (κ1) is 19.8. The van der Waals surface area contributed by atoms with Crippen LogP contribution in [0.3, 0.4) is 0 Å². The molecule has 3 amide bonds. The molecule has 9 heteroatoms. The van der Waals surface area contributed by atoms with Crippen molar-refractivity contribution in [2.75, 3.05) is 6.54 Å². The van der Waals surface area contributed by atoms with Crippen LogP contribution in [0.2, 0.25) is 0 Å². The van der Waals surface area contributed by atoms with Gasteiger partial charge in [0.15, 0.2) is 0 Å². The van der Waals surface area contributed by atoms with E-state index in [0.29, 0.717) is 17.9 Å². The quantitative estimate of drug-likeness (QED) is 0.591. The first-order valence-corrected chi connectivity index (χ1v) is 8.89. The lowest BCUT2D eigenvalue weighted by molar-refractivity contribution is -0.123. The number of imide groups is 1. The summed E-state index contributed by atoms with van der Waals surface area (Å²) in [6, 6.07) is 8.47. The van der Waals surface area contributed by atoms with E-state index < -0.39 is 11.9 Å². The molecule has 0 bridgehead atoms. The van der Waals surface area contributed by atoms with Crippen LogP contribution in [0.4, 0.5) is 4.79 Å². The number of allylic oxidation sites excluding steroid dienone is 1. The lowest BCUT2D eigenvalue weighted by atomic mass is 10.1. The second-order valence-electron chi connectivity index (χ2n) is 6.54. The Morgan fingerprint density at radius 3 is 2.86 bits per heavy atom. The molecule has 2 aromatic rings. The van der Waals surface area contributed by atoms with Crippen LogP contribution in [-0.4, -0.2) is 39.7 Å². The summed E-state index contributed by atoms with van der Waals surface area (Å²) in [4.78, 5) is 31.9. The van der Waals surface area contributed by atoms with Crippen molar-refractivity contribution >= 4 is 18.2 Å². The number of amides is 3. The molecule has 1 aliphatic heterocycles. The minimum Gasteiger partial charge on any atom is -0.403 e. The summed E-state index contributed by atoms with van der Waals surface area (Å²) < 4.78 is 5.09. The third-order valence-corrected chi connectivity index (χ3v) is 4.55. The first-order chi connectivity index (χ1) is 13.9. The van der Waals surface area contributed by atoms with Gasteiger partial charge in [-0.3, -0.25) is 9.79 Å². The number of aryl methyl sites for hydroxylation is 2. The summed E-state index contributed by atoms with van der Waals surface area (Å²) in [6.45, 7) is 4.03. The van der Waals surface area contributed by atoms with Crippen molar-refractivity contribution < 1.29 is 14.1 Å². The lowest BCUT2D eigenvalue weighted by Crippen LogP contribution is -2.33. The van der Waals surface area contributed by atoms with Crippen molar-refractivity contribution in [2.24, 2.45) is 10.7 Å². The molecule has 0 aliphatic carbocycles. The number of nitriles is 1. The molecule has 148 valence electrons. The first-order valence-electron chi connectivity index (χ1n) is 8.89. The van der Waals surface area contributed by atoms with E-state index in [-0.39, 0.29) is 18.8 Å². The highest BCUT2D eigenvalue weighted by Crippen LogP contribution is 2.19. The number of hydrogen-bond acceptors (Lipinski definition) is 7. The van der Waals surface area contributed by atoms with E-state index in [1.807, 2.05) is 6.92 Å². The molecule has 0 spiro atoms. The Bertz CT molecular complexity index is 1030. The number of aliphatic imine (C=N–C) groups is 1. The maximum Gasteiger partial charge on any atom is 0.332 e. The van der Waals surface area contributed by atoms with Gasteiger partial charge in [-0.15, -0.1) is 0 Å². The van der Waals surface area contributed by atoms with E-state index in [0.717, 1.165) is 21.7 Å². The number of rotatable bonds is 6. The van der Waals surface area contributed by atoms with Crippen LogP contribution in [-0.2, 0) is 17.9 Å². The van der Waals surface area contributed by atoms with E-state index >= 15 is 0 Å². The Morgan fingerprint density at radius 2 is 2.21 bits per heavy atom. The molecule has 2 heterocycles. The van der Waals surface area contributed by atoms with E-state index in [1.54, 1.807) is 31.2 Å². The van der Waals surface area contributed by atoms with Crippen LogP contribution in [0.15, 0.2) is 45.7 Å². The number of nitrogens with two attached hydrogens (primary N) is 1. The minimum absolute atomic E-state index is 0.0787. The molecule has 0 atom stereocenters. The molecule has 0 unspecified atom stereocenters. The molecule has 29 heavy (non-hydrogen) atoms. The van der Waals surface area contributed by atoms with E-state index in [1.165, 1.54) is 17.3 Å². The van der Waals surface area contributed by atoms with Crippen molar-refractivity contribution in [2.45, 2.75) is 26.9 Å². The van der Waals surface area contributed by atoms with Gasteiger partial charge in [-0.25, -0.2) is 9.69 Å². The predicted octanol–water partition coefficient (Wildman–Crippen LogP) is 2.00. The summed E-state index contributed by atoms with van der Waals surface area (Å²) in [5.41, 5.74) is 8.67. The van der Waals surface area contributed by atoms with Crippen molar-refractivity contribution in [3.63, 3.8) is 0 Å². The summed E-state index contributed by atoms with van der Waals surface area (Å²) in [6.07, 6.45) is 2.56. The fraction of sp³-hybridized carbons (Fsp3) is 0.250. The van der Waals surface area contributed by atoms with Crippen LogP contribution in [0.25, 0.3) is 0 Å². The Hall–Kier alpha value is -3.93. The van der Waals surface area contributed by atoms with Gasteiger partial charge in [-0.1, -0.05) is 17.3 Å². The molecule has 1 aliphatic rings. The molecular weight excluding hydrogens is 372 g/mol. The fourth-order valence-corrected chi connectivity index (χ4v) is 3.02. The SMILES string of the molecule is Cc1noc(C)c1CN=CC(=CN)N1C(=O)CN(Cc2cccc(C#N)c2)C1=O. The smallest absolute Gasteiger partial charge is 0.332 e. The lowest BCUT2D eigenvalue weighted by Gasteiger charge is -2.17. The highest BCUT2D eigenvalue weighted by Gasteiger charge is 2.37. The number of carbonyl (C=O) groups is 2. The molecule has 1 aromatic heterocycles. The molecule has 0 radical (unpaired) electrons.